The Balaban J connectivity index is 1.44. The summed E-state index contributed by atoms with van der Waals surface area (Å²) in [5, 5.41) is 5.94. The van der Waals surface area contributed by atoms with Crippen molar-refractivity contribution in [3.05, 3.63) is 58.1 Å². The fourth-order valence-electron chi connectivity index (χ4n) is 3.10. The summed E-state index contributed by atoms with van der Waals surface area (Å²) < 4.78 is 11.1. The smallest absolute Gasteiger partial charge is 0.251 e. The number of ether oxygens (including phenoxy) is 2. The number of rotatable bonds is 6. The van der Waals surface area contributed by atoms with Gasteiger partial charge in [-0.25, -0.2) is 0 Å². The minimum absolute atomic E-state index is 0.0241. The molecule has 160 valence electrons. The molecule has 2 amide bonds. The van der Waals surface area contributed by atoms with Crippen LogP contribution in [0.15, 0.2) is 36.4 Å². The summed E-state index contributed by atoms with van der Waals surface area (Å²) in [6, 6.07) is 11.1. The second-order valence-electron chi connectivity index (χ2n) is 8.21. The highest BCUT2D eigenvalue weighted by Gasteiger charge is 2.17. The van der Waals surface area contributed by atoms with Gasteiger partial charge in [-0.1, -0.05) is 44.5 Å². The predicted molar refractivity (Wildman–Crippen MR) is 117 cm³/mol. The molecule has 1 aliphatic rings. The first kappa shape index (κ1) is 22.0. The van der Waals surface area contributed by atoms with Gasteiger partial charge >= 0.3 is 0 Å². The third-order valence-electron chi connectivity index (χ3n) is 4.82. The van der Waals surface area contributed by atoms with Crippen LogP contribution in [0.5, 0.6) is 11.5 Å². The second-order valence-corrected chi connectivity index (χ2v) is 8.62. The highest BCUT2D eigenvalue weighted by Crippen LogP contribution is 2.38. The lowest BCUT2D eigenvalue weighted by Crippen LogP contribution is -2.37. The van der Waals surface area contributed by atoms with Crippen LogP contribution in [0.1, 0.15) is 42.3 Å². The number of fused-ring (bicyclic) bond motifs is 1. The van der Waals surface area contributed by atoms with Crippen molar-refractivity contribution in [2.45, 2.75) is 32.6 Å². The maximum absolute atomic E-state index is 12.2. The first-order chi connectivity index (χ1) is 14.2. The van der Waals surface area contributed by atoms with Gasteiger partial charge < -0.3 is 20.1 Å². The number of carbonyl (C=O) groups excluding carboxylic acids is 2. The molecule has 30 heavy (non-hydrogen) atoms. The zero-order valence-corrected chi connectivity index (χ0v) is 18.3. The van der Waals surface area contributed by atoms with E-state index in [1.54, 1.807) is 12.1 Å². The number of halogens is 1. The van der Waals surface area contributed by atoms with Gasteiger partial charge in [-0.2, -0.15) is 0 Å². The van der Waals surface area contributed by atoms with Gasteiger partial charge in [0.25, 0.3) is 5.91 Å². The van der Waals surface area contributed by atoms with Gasteiger partial charge in [-0.15, -0.1) is 0 Å². The quantitative estimate of drug-likeness (QED) is 0.735. The molecule has 0 aromatic heterocycles. The van der Waals surface area contributed by atoms with Crippen LogP contribution in [0.2, 0.25) is 5.02 Å². The van der Waals surface area contributed by atoms with E-state index in [-0.39, 0.29) is 23.8 Å². The number of hydrogen-bond donors (Lipinski definition) is 2. The molecule has 6 nitrogen and oxygen atoms in total. The molecule has 7 heteroatoms. The molecule has 3 rings (SSSR count). The number of nitrogens with one attached hydrogen (secondary N) is 2. The van der Waals surface area contributed by atoms with Crippen molar-refractivity contribution in [2.24, 2.45) is 0 Å². The molecular weight excluding hydrogens is 404 g/mol. The van der Waals surface area contributed by atoms with Crippen LogP contribution in [-0.4, -0.2) is 38.1 Å². The van der Waals surface area contributed by atoms with Crippen LogP contribution in [0.4, 0.5) is 0 Å². The molecule has 1 aliphatic heterocycles. The zero-order valence-electron chi connectivity index (χ0n) is 17.5. The SMILES string of the molecule is CC(C)(C)c1ccc(C(=O)NCC(=O)NCCc2cc(Cl)c3c(c2)OCCO3)cc1. The maximum atomic E-state index is 12.2. The Morgan fingerprint density at radius 3 is 2.43 bits per heavy atom. The molecule has 0 saturated heterocycles. The molecule has 0 spiro atoms. The fraction of sp³-hybridized carbons (Fsp3) is 0.391. The van der Waals surface area contributed by atoms with Crippen molar-refractivity contribution in [1.82, 2.24) is 10.6 Å². The Bertz CT molecular complexity index is 920. The molecule has 0 radical (unpaired) electrons. The van der Waals surface area contributed by atoms with Crippen LogP contribution in [0.3, 0.4) is 0 Å². The van der Waals surface area contributed by atoms with Crippen molar-refractivity contribution >= 4 is 23.4 Å². The topological polar surface area (TPSA) is 76.7 Å². The van der Waals surface area contributed by atoms with Gasteiger partial charge in [0.05, 0.1) is 11.6 Å². The van der Waals surface area contributed by atoms with E-state index in [9.17, 15) is 9.59 Å². The van der Waals surface area contributed by atoms with Gasteiger partial charge in [-0.05, 0) is 47.2 Å². The molecule has 2 aromatic carbocycles. The van der Waals surface area contributed by atoms with E-state index >= 15 is 0 Å². The molecule has 2 aromatic rings. The monoisotopic (exact) mass is 430 g/mol. The molecule has 2 N–H and O–H groups in total. The molecule has 0 saturated carbocycles. The van der Waals surface area contributed by atoms with Gasteiger partial charge in [0.1, 0.15) is 13.2 Å². The van der Waals surface area contributed by atoms with E-state index in [0.717, 1.165) is 11.1 Å². The molecule has 0 bridgehead atoms. The first-order valence-electron chi connectivity index (χ1n) is 9.97. The summed E-state index contributed by atoms with van der Waals surface area (Å²) in [5.74, 6) is 0.663. The standard InChI is InChI=1S/C23H27ClN2O4/c1-23(2,3)17-6-4-16(5-7-17)22(28)26-14-20(27)25-9-8-15-12-18(24)21-19(13-15)29-10-11-30-21/h4-7,12-13H,8-11,14H2,1-3H3,(H,25,27)(H,26,28). The molecule has 0 fully saturated rings. The normalized spacial score (nSPS) is 12.9. The van der Waals surface area contributed by atoms with Crippen molar-refractivity contribution < 1.29 is 19.1 Å². The maximum Gasteiger partial charge on any atom is 0.251 e. The Morgan fingerprint density at radius 1 is 1.03 bits per heavy atom. The summed E-state index contributed by atoms with van der Waals surface area (Å²) in [6.45, 7) is 7.66. The first-order valence-corrected chi connectivity index (χ1v) is 10.4. The van der Waals surface area contributed by atoms with Crippen molar-refractivity contribution in [1.29, 1.82) is 0 Å². The Kier molecular flexibility index (Phi) is 6.87. The predicted octanol–water partition coefficient (Wildman–Crippen LogP) is 3.50. The summed E-state index contributed by atoms with van der Waals surface area (Å²) >= 11 is 6.23. The summed E-state index contributed by atoms with van der Waals surface area (Å²) in [5.41, 5.74) is 2.64. The Hall–Kier alpha value is -2.73. The number of benzene rings is 2. The van der Waals surface area contributed by atoms with E-state index in [1.807, 2.05) is 24.3 Å². The minimum atomic E-state index is -0.274. The van der Waals surface area contributed by atoms with E-state index in [1.165, 1.54) is 0 Å². The minimum Gasteiger partial charge on any atom is -0.486 e. The summed E-state index contributed by atoms with van der Waals surface area (Å²) in [4.78, 5) is 24.3. The Morgan fingerprint density at radius 2 is 1.73 bits per heavy atom. The van der Waals surface area contributed by atoms with Gasteiger partial charge in [0, 0.05) is 12.1 Å². The fourth-order valence-corrected chi connectivity index (χ4v) is 3.39. The van der Waals surface area contributed by atoms with E-state index in [0.29, 0.717) is 48.3 Å². The Labute approximate surface area is 181 Å². The average molecular weight is 431 g/mol. The van der Waals surface area contributed by atoms with Gasteiger partial charge in [0.15, 0.2) is 11.5 Å². The van der Waals surface area contributed by atoms with E-state index in [4.69, 9.17) is 21.1 Å². The van der Waals surface area contributed by atoms with Crippen molar-refractivity contribution in [2.75, 3.05) is 26.3 Å². The second kappa shape index (κ2) is 9.39. The van der Waals surface area contributed by atoms with Crippen LogP contribution < -0.4 is 20.1 Å². The third-order valence-corrected chi connectivity index (χ3v) is 5.10. The van der Waals surface area contributed by atoms with E-state index < -0.39 is 0 Å². The molecular formula is C23H27ClN2O4. The number of hydrogen-bond acceptors (Lipinski definition) is 4. The molecule has 0 unspecified atom stereocenters. The van der Waals surface area contributed by atoms with Crippen LogP contribution in [0, 0.1) is 0 Å². The molecule has 0 atom stereocenters. The lowest BCUT2D eigenvalue weighted by molar-refractivity contribution is -0.120. The van der Waals surface area contributed by atoms with Crippen LogP contribution in [0.25, 0.3) is 0 Å². The van der Waals surface area contributed by atoms with Crippen molar-refractivity contribution in [3.63, 3.8) is 0 Å². The van der Waals surface area contributed by atoms with Crippen LogP contribution in [-0.2, 0) is 16.6 Å². The van der Waals surface area contributed by atoms with Gasteiger partial charge in [0.2, 0.25) is 5.91 Å². The zero-order chi connectivity index (χ0) is 21.7. The highest BCUT2D eigenvalue weighted by molar-refractivity contribution is 6.32. The number of carbonyl (C=O) groups is 2. The van der Waals surface area contributed by atoms with Gasteiger partial charge in [-0.3, -0.25) is 9.59 Å². The van der Waals surface area contributed by atoms with Crippen LogP contribution >= 0.6 is 11.6 Å². The summed E-state index contributed by atoms with van der Waals surface area (Å²) in [7, 11) is 0. The summed E-state index contributed by atoms with van der Waals surface area (Å²) in [6.07, 6.45) is 0.588. The third kappa shape index (κ3) is 5.66. The lowest BCUT2D eigenvalue weighted by Gasteiger charge is -2.20. The molecule has 0 aliphatic carbocycles. The average Bonchev–Trinajstić information content (AvgIpc) is 2.71. The van der Waals surface area contributed by atoms with Crippen molar-refractivity contribution in [3.8, 4) is 11.5 Å². The van der Waals surface area contributed by atoms with E-state index in [2.05, 4.69) is 31.4 Å². The molecule has 1 heterocycles. The highest BCUT2D eigenvalue weighted by atomic mass is 35.5. The number of amides is 2. The largest absolute Gasteiger partial charge is 0.486 e. The lowest BCUT2D eigenvalue weighted by atomic mass is 9.87.